The van der Waals surface area contributed by atoms with Crippen molar-refractivity contribution in [1.82, 2.24) is 9.55 Å². The molecule has 0 spiro atoms. The van der Waals surface area contributed by atoms with E-state index in [1.54, 1.807) is 7.11 Å². The smallest absolute Gasteiger partial charge is 0.144 e. The van der Waals surface area contributed by atoms with E-state index in [1.165, 1.54) is 32.1 Å². The van der Waals surface area contributed by atoms with Crippen LogP contribution in [0.15, 0.2) is 18.5 Å². The highest BCUT2D eigenvalue weighted by molar-refractivity contribution is 5.82. The molecular formula is C14H19N3O. The molecule has 4 nitrogen and oxygen atoms in total. The standard InChI is InChI=1S/C14H19N3O/c1-18-14-8-12-13(7-11(14)15)17(9-16-12)10-5-3-2-4-6-10/h7-10H,2-6,15H2,1H3. The Labute approximate surface area is 107 Å². The Balaban J connectivity index is 2.05. The summed E-state index contributed by atoms with van der Waals surface area (Å²) in [5, 5.41) is 0. The molecule has 1 aliphatic carbocycles. The van der Waals surface area contributed by atoms with Gasteiger partial charge in [-0.3, -0.25) is 0 Å². The zero-order valence-corrected chi connectivity index (χ0v) is 10.7. The number of imidazole rings is 1. The maximum atomic E-state index is 5.99. The Kier molecular flexibility index (Phi) is 2.86. The molecule has 3 rings (SSSR count). The van der Waals surface area contributed by atoms with Crippen molar-refractivity contribution >= 4 is 16.7 Å². The van der Waals surface area contributed by atoms with E-state index in [0.717, 1.165) is 11.0 Å². The van der Waals surface area contributed by atoms with Gasteiger partial charge < -0.3 is 15.0 Å². The van der Waals surface area contributed by atoms with Crippen LogP contribution < -0.4 is 10.5 Å². The van der Waals surface area contributed by atoms with Crippen LogP contribution in [-0.4, -0.2) is 16.7 Å². The van der Waals surface area contributed by atoms with Gasteiger partial charge >= 0.3 is 0 Å². The molecule has 1 saturated carbocycles. The summed E-state index contributed by atoms with van der Waals surface area (Å²) < 4.78 is 7.52. The average molecular weight is 245 g/mol. The van der Waals surface area contributed by atoms with Crippen molar-refractivity contribution in [3.8, 4) is 5.75 Å². The number of fused-ring (bicyclic) bond motifs is 1. The molecule has 1 heterocycles. The Bertz CT molecular complexity index is 555. The number of hydrogen-bond donors (Lipinski definition) is 1. The fraction of sp³-hybridized carbons (Fsp3) is 0.500. The summed E-state index contributed by atoms with van der Waals surface area (Å²) in [5.41, 5.74) is 8.76. The third kappa shape index (κ3) is 1.82. The van der Waals surface area contributed by atoms with Gasteiger partial charge in [0, 0.05) is 12.1 Å². The minimum atomic E-state index is 0.580. The molecule has 0 bridgehead atoms. The summed E-state index contributed by atoms with van der Waals surface area (Å²) >= 11 is 0. The van der Waals surface area contributed by atoms with Crippen molar-refractivity contribution in [1.29, 1.82) is 0 Å². The van der Waals surface area contributed by atoms with Crippen LogP contribution >= 0.6 is 0 Å². The number of nitrogens with zero attached hydrogens (tertiary/aromatic N) is 2. The van der Waals surface area contributed by atoms with Crippen molar-refractivity contribution in [3.63, 3.8) is 0 Å². The molecule has 0 aliphatic heterocycles. The van der Waals surface area contributed by atoms with Gasteiger partial charge in [-0.1, -0.05) is 19.3 Å². The lowest BCUT2D eigenvalue weighted by Crippen LogP contribution is -2.11. The number of aromatic nitrogens is 2. The topological polar surface area (TPSA) is 53.1 Å². The van der Waals surface area contributed by atoms with Gasteiger partial charge in [0.2, 0.25) is 0 Å². The van der Waals surface area contributed by atoms with Crippen LogP contribution in [0.5, 0.6) is 5.75 Å². The zero-order valence-electron chi connectivity index (χ0n) is 10.7. The van der Waals surface area contributed by atoms with Crippen LogP contribution in [0.1, 0.15) is 38.1 Å². The zero-order chi connectivity index (χ0) is 12.5. The first kappa shape index (κ1) is 11.4. The highest BCUT2D eigenvalue weighted by atomic mass is 16.5. The quantitative estimate of drug-likeness (QED) is 0.827. The number of nitrogens with two attached hydrogens (primary N) is 1. The van der Waals surface area contributed by atoms with E-state index in [2.05, 4.69) is 9.55 Å². The lowest BCUT2D eigenvalue weighted by molar-refractivity contribution is 0.359. The molecule has 96 valence electrons. The van der Waals surface area contributed by atoms with Gasteiger partial charge in [-0.25, -0.2) is 4.98 Å². The number of benzene rings is 1. The van der Waals surface area contributed by atoms with E-state index in [1.807, 2.05) is 18.5 Å². The molecule has 0 unspecified atom stereocenters. The van der Waals surface area contributed by atoms with E-state index >= 15 is 0 Å². The first-order chi connectivity index (χ1) is 8.79. The van der Waals surface area contributed by atoms with Crippen molar-refractivity contribution in [2.75, 3.05) is 12.8 Å². The molecule has 0 atom stereocenters. The predicted octanol–water partition coefficient (Wildman–Crippen LogP) is 3.13. The van der Waals surface area contributed by atoms with Gasteiger partial charge in [-0.2, -0.15) is 0 Å². The Morgan fingerprint density at radius 2 is 2.06 bits per heavy atom. The summed E-state index contributed by atoms with van der Waals surface area (Å²) in [6.07, 6.45) is 8.43. The lowest BCUT2D eigenvalue weighted by atomic mass is 9.95. The Hall–Kier alpha value is -1.71. The summed E-state index contributed by atoms with van der Waals surface area (Å²) in [5.74, 6) is 0.705. The van der Waals surface area contributed by atoms with Gasteiger partial charge in [0.15, 0.2) is 0 Å². The second-order valence-corrected chi connectivity index (χ2v) is 5.03. The molecule has 2 N–H and O–H groups in total. The monoisotopic (exact) mass is 245 g/mol. The highest BCUT2D eigenvalue weighted by Crippen LogP contribution is 2.33. The molecular weight excluding hydrogens is 226 g/mol. The second-order valence-electron chi connectivity index (χ2n) is 5.03. The normalized spacial score (nSPS) is 17.2. The molecule has 1 aliphatic rings. The molecule has 0 amide bonds. The lowest BCUT2D eigenvalue weighted by Gasteiger charge is -2.23. The van der Waals surface area contributed by atoms with E-state index in [9.17, 15) is 0 Å². The summed E-state index contributed by atoms with van der Waals surface area (Å²) in [7, 11) is 1.63. The van der Waals surface area contributed by atoms with E-state index < -0.39 is 0 Å². The van der Waals surface area contributed by atoms with Crippen LogP contribution in [0.3, 0.4) is 0 Å². The number of anilines is 1. The third-order valence-electron chi connectivity index (χ3n) is 3.89. The van der Waals surface area contributed by atoms with Crippen molar-refractivity contribution in [2.24, 2.45) is 0 Å². The maximum absolute atomic E-state index is 5.99. The SMILES string of the molecule is COc1cc2ncn(C3CCCCC3)c2cc1N. The molecule has 0 radical (unpaired) electrons. The fourth-order valence-corrected chi connectivity index (χ4v) is 2.90. The average Bonchev–Trinajstić information content (AvgIpc) is 2.81. The van der Waals surface area contributed by atoms with Gasteiger partial charge in [0.25, 0.3) is 0 Å². The van der Waals surface area contributed by atoms with E-state index in [4.69, 9.17) is 10.5 Å². The first-order valence-electron chi connectivity index (χ1n) is 6.59. The minimum Gasteiger partial charge on any atom is -0.495 e. The highest BCUT2D eigenvalue weighted by Gasteiger charge is 2.18. The molecule has 4 heteroatoms. The third-order valence-corrected chi connectivity index (χ3v) is 3.89. The predicted molar refractivity (Wildman–Crippen MR) is 72.8 cm³/mol. The summed E-state index contributed by atoms with van der Waals surface area (Å²) in [6, 6.07) is 4.48. The van der Waals surface area contributed by atoms with E-state index in [0.29, 0.717) is 17.5 Å². The molecule has 18 heavy (non-hydrogen) atoms. The first-order valence-corrected chi connectivity index (χ1v) is 6.59. The second kappa shape index (κ2) is 4.52. The molecule has 1 aromatic heterocycles. The van der Waals surface area contributed by atoms with E-state index in [-0.39, 0.29) is 0 Å². The minimum absolute atomic E-state index is 0.580. The number of ether oxygens (including phenoxy) is 1. The Morgan fingerprint density at radius 3 is 2.78 bits per heavy atom. The summed E-state index contributed by atoms with van der Waals surface area (Å²) in [4.78, 5) is 4.47. The molecule has 0 saturated heterocycles. The number of nitrogen functional groups attached to an aromatic ring is 1. The van der Waals surface area contributed by atoms with Gasteiger partial charge in [0.1, 0.15) is 5.75 Å². The Morgan fingerprint density at radius 1 is 1.28 bits per heavy atom. The van der Waals surface area contributed by atoms with Crippen LogP contribution in [0, 0.1) is 0 Å². The van der Waals surface area contributed by atoms with Crippen LogP contribution in [0.2, 0.25) is 0 Å². The largest absolute Gasteiger partial charge is 0.495 e. The summed E-state index contributed by atoms with van der Waals surface area (Å²) in [6.45, 7) is 0. The van der Waals surface area contributed by atoms with Crippen molar-refractivity contribution < 1.29 is 4.74 Å². The molecule has 1 fully saturated rings. The van der Waals surface area contributed by atoms with Crippen molar-refractivity contribution in [3.05, 3.63) is 18.5 Å². The van der Waals surface area contributed by atoms with Gasteiger partial charge in [-0.05, 0) is 18.9 Å². The molecule has 2 aromatic rings. The van der Waals surface area contributed by atoms with Gasteiger partial charge in [0.05, 0.1) is 30.2 Å². The van der Waals surface area contributed by atoms with Gasteiger partial charge in [-0.15, -0.1) is 0 Å². The fourth-order valence-electron chi connectivity index (χ4n) is 2.90. The van der Waals surface area contributed by atoms with Crippen LogP contribution in [-0.2, 0) is 0 Å². The van der Waals surface area contributed by atoms with Crippen molar-refractivity contribution in [2.45, 2.75) is 38.1 Å². The number of rotatable bonds is 2. The maximum Gasteiger partial charge on any atom is 0.144 e. The molecule has 1 aromatic carbocycles. The number of hydrogen-bond acceptors (Lipinski definition) is 3. The van der Waals surface area contributed by atoms with Crippen LogP contribution in [0.4, 0.5) is 5.69 Å². The number of methoxy groups -OCH3 is 1. The van der Waals surface area contributed by atoms with Crippen LogP contribution in [0.25, 0.3) is 11.0 Å².